The maximum Gasteiger partial charge on any atom is 0.150 e. The average molecular weight is 567 g/mol. The smallest absolute Gasteiger partial charge is 0.150 e. The lowest BCUT2D eigenvalue weighted by atomic mass is 9.83. The molecule has 2 aromatic heterocycles. The van der Waals surface area contributed by atoms with Crippen LogP contribution in [-0.4, -0.2) is 65.8 Å². The Bertz CT molecular complexity index is 1220. The van der Waals surface area contributed by atoms with Crippen LogP contribution in [0.1, 0.15) is 93.8 Å². The van der Waals surface area contributed by atoms with Gasteiger partial charge >= 0.3 is 0 Å². The van der Waals surface area contributed by atoms with Gasteiger partial charge in [0.15, 0.2) is 0 Å². The molecule has 1 atom stereocenters. The minimum atomic E-state index is 0.129. The maximum absolute atomic E-state index is 6.29. The predicted octanol–water partition coefficient (Wildman–Crippen LogP) is 7.69. The molecule has 1 saturated heterocycles. The molecular weight excluding hydrogens is 508 g/mol. The Balaban J connectivity index is 0.00000226. The number of nitrogen functional groups attached to an aromatic ring is 1. The third-order valence-corrected chi connectivity index (χ3v) is 8.22. The Morgan fingerprint density at radius 2 is 1.68 bits per heavy atom. The number of piperazine rings is 1. The van der Waals surface area contributed by atoms with Crippen LogP contribution in [0.15, 0.2) is 18.2 Å². The molecule has 1 aliphatic rings. The van der Waals surface area contributed by atoms with Gasteiger partial charge in [-0.3, -0.25) is 4.90 Å². The number of rotatable bonds is 13. The zero-order valence-electron chi connectivity index (χ0n) is 27.6. The highest BCUT2D eigenvalue weighted by Crippen LogP contribution is 2.31. The summed E-state index contributed by atoms with van der Waals surface area (Å²) in [5, 5.41) is 1.08. The molecule has 1 unspecified atom stereocenters. The van der Waals surface area contributed by atoms with Gasteiger partial charge in [-0.2, -0.15) is 0 Å². The zero-order chi connectivity index (χ0) is 30.2. The molecule has 7 nitrogen and oxygen atoms in total. The van der Waals surface area contributed by atoms with Crippen LogP contribution < -0.4 is 10.6 Å². The van der Waals surface area contributed by atoms with Gasteiger partial charge in [-0.25, -0.2) is 9.97 Å². The van der Waals surface area contributed by atoms with Gasteiger partial charge in [0, 0.05) is 55.6 Å². The van der Waals surface area contributed by atoms with Crippen LogP contribution in [0.25, 0.3) is 21.9 Å². The molecule has 0 saturated carbocycles. The number of nitrogens with zero attached hydrogens (tertiary/aromatic N) is 4. The van der Waals surface area contributed by atoms with Crippen LogP contribution in [0, 0.1) is 16.7 Å². The summed E-state index contributed by atoms with van der Waals surface area (Å²) in [6.07, 6.45) is 5.64. The number of aromatic amines is 1. The number of ether oxygens (including phenoxy) is 1. The molecule has 1 aliphatic heterocycles. The van der Waals surface area contributed by atoms with Gasteiger partial charge in [-0.1, -0.05) is 75.2 Å². The molecule has 41 heavy (non-hydrogen) atoms. The molecule has 1 aromatic carbocycles. The van der Waals surface area contributed by atoms with Crippen LogP contribution in [-0.2, 0) is 11.2 Å². The Morgan fingerprint density at radius 1 is 1.00 bits per heavy atom. The molecule has 3 heterocycles. The first kappa shape index (κ1) is 33.1. The fourth-order valence-corrected chi connectivity index (χ4v) is 6.02. The van der Waals surface area contributed by atoms with Crippen LogP contribution in [0.3, 0.4) is 0 Å². The summed E-state index contributed by atoms with van der Waals surface area (Å²) in [5.41, 5.74) is 10.6. The number of nitrogens with one attached hydrogen (secondary N) is 1. The number of imidazole rings is 1. The van der Waals surface area contributed by atoms with Gasteiger partial charge in [0.2, 0.25) is 0 Å². The molecule has 3 N–H and O–H groups in total. The third kappa shape index (κ3) is 9.05. The summed E-state index contributed by atoms with van der Waals surface area (Å²) >= 11 is 0. The number of hydrogen-bond acceptors (Lipinski definition) is 6. The van der Waals surface area contributed by atoms with Crippen molar-refractivity contribution in [3.8, 4) is 0 Å². The summed E-state index contributed by atoms with van der Waals surface area (Å²) in [7, 11) is 0. The highest BCUT2D eigenvalue weighted by Gasteiger charge is 2.27. The highest BCUT2D eigenvalue weighted by molar-refractivity contribution is 6.07. The summed E-state index contributed by atoms with van der Waals surface area (Å²) < 4.78 is 6.29. The number of fused-ring (bicyclic) bond motifs is 3. The molecule has 7 heteroatoms. The van der Waals surface area contributed by atoms with Gasteiger partial charge in [0.25, 0.3) is 0 Å². The van der Waals surface area contributed by atoms with Gasteiger partial charge in [0.1, 0.15) is 22.7 Å². The van der Waals surface area contributed by atoms with Crippen molar-refractivity contribution in [3.63, 3.8) is 0 Å². The van der Waals surface area contributed by atoms with Crippen LogP contribution in [0.4, 0.5) is 11.5 Å². The number of anilines is 2. The van der Waals surface area contributed by atoms with Gasteiger partial charge in [-0.05, 0) is 42.4 Å². The Morgan fingerprint density at radius 3 is 2.34 bits per heavy atom. The number of pyridine rings is 1. The molecule has 1 fully saturated rings. The lowest BCUT2D eigenvalue weighted by Crippen LogP contribution is -2.49. The van der Waals surface area contributed by atoms with E-state index >= 15 is 0 Å². The molecule has 4 rings (SSSR count). The number of nitrogens with two attached hydrogens (primary N) is 1. The SMILES string of the molecule is CC.CCCCc1nc2c([nH]1)c(N)nc1ccc(N3CCN(CC(C)(C)COCC(C)(C)CC(C)CC)CC3)cc12. The molecular formula is C34H58N6O. The first-order valence-electron chi connectivity index (χ1n) is 16.1. The molecule has 0 bridgehead atoms. The minimum Gasteiger partial charge on any atom is -0.382 e. The second-order valence-corrected chi connectivity index (χ2v) is 13.5. The van der Waals surface area contributed by atoms with Gasteiger partial charge in [-0.15, -0.1) is 0 Å². The Hall–Kier alpha value is -2.38. The number of unbranched alkanes of at least 4 members (excludes halogenated alkanes) is 1. The van der Waals surface area contributed by atoms with Gasteiger partial charge < -0.3 is 20.4 Å². The summed E-state index contributed by atoms with van der Waals surface area (Å²) in [4.78, 5) is 18.1. The summed E-state index contributed by atoms with van der Waals surface area (Å²) in [6, 6.07) is 6.53. The van der Waals surface area contributed by atoms with Crippen LogP contribution in [0.2, 0.25) is 0 Å². The Labute approximate surface area is 249 Å². The topological polar surface area (TPSA) is 83.3 Å². The quantitative estimate of drug-likeness (QED) is 0.221. The maximum atomic E-state index is 6.29. The third-order valence-electron chi connectivity index (χ3n) is 8.22. The second-order valence-electron chi connectivity index (χ2n) is 13.5. The molecule has 230 valence electrons. The number of aryl methyl sites for hydroxylation is 1. The second kappa shape index (κ2) is 14.7. The Kier molecular flexibility index (Phi) is 11.9. The van der Waals surface area contributed by atoms with Crippen LogP contribution in [0.5, 0.6) is 0 Å². The van der Waals surface area contributed by atoms with Crippen LogP contribution >= 0.6 is 0 Å². The van der Waals surface area contributed by atoms with E-state index in [2.05, 4.69) is 86.4 Å². The summed E-state index contributed by atoms with van der Waals surface area (Å²) in [6.45, 7) is 27.0. The normalized spacial score (nSPS) is 15.8. The molecule has 0 radical (unpaired) electrons. The lowest BCUT2D eigenvalue weighted by Gasteiger charge is -2.40. The fraction of sp³-hybridized carbons (Fsp3) is 0.706. The lowest BCUT2D eigenvalue weighted by molar-refractivity contribution is -0.00459. The molecule has 3 aromatic rings. The van der Waals surface area contributed by atoms with Crippen molar-refractivity contribution >= 4 is 33.4 Å². The van der Waals surface area contributed by atoms with Crippen molar-refractivity contribution in [3.05, 3.63) is 24.0 Å². The van der Waals surface area contributed by atoms with E-state index in [1.807, 2.05) is 13.8 Å². The van der Waals surface area contributed by atoms with E-state index in [0.717, 1.165) is 98.9 Å². The predicted molar refractivity (Wildman–Crippen MR) is 177 cm³/mol. The van der Waals surface area contributed by atoms with Crippen molar-refractivity contribution in [1.29, 1.82) is 0 Å². The van der Waals surface area contributed by atoms with Crippen molar-refractivity contribution in [1.82, 2.24) is 19.9 Å². The number of aromatic nitrogens is 3. The van der Waals surface area contributed by atoms with Gasteiger partial charge in [0.05, 0.1) is 18.7 Å². The molecule has 0 amide bonds. The molecule has 0 aliphatic carbocycles. The van der Waals surface area contributed by atoms with E-state index in [4.69, 9.17) is 15.5 Å². The number of benzene rings is 1. The molecule has 0 spiro atoms. The van der Waals surface area contributed by atoms with E-state index in [-0.39, 0.29) is 10.8 Å². The van der Waals surface area contributed by atoms with E-state index in [9.17, 15) is 0 Å². The standard InChI is InChI=1S/C32H52N6O.C2H6/c1-8-10-11-27-35-28-25-18-24(12-13-26(25)34-30(33)29(28)36-27)38-16-14-37(15-17-38)20-32(6,7)22-39-21-31(4,5)19-23(3)9-2;1-2/h12-13,18,23H,8-11,14-17,19-22H2,1-7H3,(H2,33,34)(H,35,36);1-2H3. The first-order chi connectivity index (χ1) is 19.5. The largest absolute Gasteiger partial charge is 0.382 e. The monoisotopic (exact) mass is 566 g/mol. The van der Waals surface area contributed by atoms with E-state index in [0.29, 0.717) is 5.82 Å². The first-order valence-corrected chi connectivity index (χ1v) is 16.1. The average Bonchev–Trinajstić information content (AvgIpc) is 3.38. The number of H-pyrrole nitrogens is 1. The van der Waals surface area contributed by atoms with E-state index < -0.39 is 0 Å². The van der Waals surface area contributed by atoms with Crippen molar-refractivity contribution in [2.75, 3.05) is 56.6 Å². The fourth-order valence-electron chi connectivity index (χ4n) is 6.02. The van der Waals surface area contributed by atoms with Crippen molar-refractivity contribution in [2.24, 2.45) is 16.7 Å². The summed E-state index contributed by atoms with van der Waals surface area (Å²) in [5.74, 6) is 2.27. The highest BCUT2D eigenvalue weighted by atomic mass is 16.5. The number of hydrogen-bond donors (Lipinski definition) is 2. The minimum absolute atomic E-state index is 0.129. The van der Waals surface area contributed by atoms with E-state index in [1.165, 1.54) is 18.5 Å². The van der Waals surface area contributed by atoms with E-state index in [1.54, 1.807) is 0 Å². The van der Waals surface area contributed by atoms with Crippen molar-refractivity contribution < 1.29 is 4.74 Å². The van der Waals surface area contributed by atoms with Crippen molar-refractivity contribution in [2.45, 2.75) is 94.4 Å². The zero-order valence-corrected chi connectivity index (χ0v) is 27.6.